The molecule has 3 aromatic carbocycles. The van der Waals surface area contributed by atoms with Crippen molar-refractivity contribution in [2.24, 2.45) is 0 Å². The summed E-state index contributed by atoms with van der Waals surface area (Å²) < 4.78 is 0. The van der Waals surface area contributed by atoms with Gasteiger partial charge in [0, 0.05) is 45.0 Å². The summed E-state index contributed by atoms with van der Waals surface area (Å²) in [5.74, 6) is 0.0171. The number of nitrogens with zero attached hydrogens (tertiary/aromatic N) is 2. The molecule has 0 spiro atoms. The highest BCUT2D eigenvalue weighted by Gasteiger charge is 2.17. The second-order valence-corrected chi connectivity index (χ2v) is 7.95. The Morgan fingerprint density at radius 2 is 1.10 bits per heavy atom. The molecule has 4 heteroatoms. The standard InChI is InChI=1S/C26H29N3O/c30-26(19-22-7-3-1-4-8-22)27-25-13-11-24(12-14-25)21-29-17-15-28(16-18-29)20-23-9-5-2-6-10-23/h1-14H,15-21H2,(H,27,30). The second kappa shape index (κ2) is 10.2. The van der Waals surface area contributed by atoms with Gasteiger partial charge >= 0.3 is 0 Å². The Balaban J connectivity index is 1.22. The molecule has 0 radical (unpaired) electrons. The summed E-state index contributed by atoms with van der Waals surface area (Å²) in [6.07, 6.45) is 0.399. The van der Waals surface area contributed by atoms with Crippen molar-refractivity contribution in [3.05, 3.63) is 102 Å². The van der Waals surface area contributed by atoms with Crippen molar-refractivity contribution in [2.45, 2.75) is 19.5 Å². The highest BCUT2D eigenvalue weighted by molar-refractivity contribution is 5.92. The van der Waals surface area contributed by atoms with Crippen LogP contribution in [0.25, 0.3) is 0 Å². The summed E-state index contributed by atoms with van der Waals surface area (Å²) in [5, 5.41) is 2.99. The number of anilines is 1. The molecule has 0 aliphatic carbocycles. The molecule has 3 aromatic rings. The van der Waals surface area contributed by atoms with Gasteiger partial charge in [0.05, 0.1) is 6.42 Å². The van der Waals surface area contributed by atoms with Gasteiger partial charge in [-0.25, -0.2) is 0 Å². The van der Waals surface area contributed by atoms with Crippen LogP contribution in [0.2, 0.25) is 0 Å². The minimum atomic E-state index is 0.0171. The Labute approximate surface area is 179 Å². The maximum atomic E-state index is 12.2. The highest BCUT2D eigenvalue weighted by atomic mass is 16.1. The lowest BCUT2D eigenvalue weighted by Crippen LogP contribution is -2.45. The largest absolute Gasteiger partial charge is 0.326 e. The molecule has 0 atom stereocenters. The van der Waals surface area contributed by atoms with E-state index in [1.165, 1.54) is 11.1 Å². The van der Waals surface area contributed by atoms with Gasteiger partial charge < -0.3 is 5.32 Å². The summed E-state index contributed by atoms with van der Waals surface area (Å²) in [4.78, 5) is 17.3. The quantitative estimate of drug-likeness (QED) is 0.647. The molecule has 1 saturated heterocycles. The van der Waals surface area contributed by atoms with E-state index in [9.17, 15) is 4.79 Å². The fourth-order valence-corrected chi connectivity index (χ4v) is 3.89. The first-order valence-corrected chi connectivity index (χ1v) is 10.7. The molecule has 0 unspecified atom stereocenters. The summed E-state index contributed by atoms with van der Waals surface area (Å²) in [5.41, 5.74) is 4.55. The third kappa shape index (κ3) is 6.02. The zero-order chi connectivity index (χ0) is 20.6. The van der Waals surface area contributed by atoms with Gasteiger partial charge in [0.25, 0.3) is 0 Å². The molecule has 4 rings (SSSR count). The van der Waals surface area contributed by atoms with Crippen LogP contribution in [0.4, 0.5) is 5.69 Å². The van der Waals surface area contributed by atoms with Crippen LogP contribution in [-0.2, 0) is 24.3 Å². The van der Waals surface area contributed by atoms with Crippen molar-refractivity contribution in [1.82, 2.24) is 9.80 Å². The smallest absolute Gasteiger partial charge is 0.228 e. The van der Waals surface area contributed by atoms with Crippen molar-refractivity contribution in [3.8, 4) is 0 Å². The van der Waals surface area contributed by atoms with Crippen molar-refractivity contribution >= 4 is 11.6 Å². The number of amides is 1. The molecule has 1 aliphatic heterocycles. The number of hydrogen-bond donors (Lipinski definition) is 1. The average molecular weight is 400 g/mol. The molecule has 30 heavy (non-hydrogen) atoms. The highest BCUT2D eigenvalue weighted by Crippen LogP contribution is 2.15. The molecule has 0 bridgehead atoms. The lowest BCUT2D eigenvalue weighted by atomic mass is 10.1. The number of carbonyl (C=O) groups excluding carboxylic acids is 1. The second-order valence-electron chi connectivity index (χ2n) is 7.95. The SMILES string of the molecule is O=C(Cc1ccccc1)Nc1ccc(CN2CCN(Cc3ccccc3)CC2)cc1. The van der Waals surface area contributed by atoms with Gasteiger partial charge in [-0.05, 0) is 28.8 Å². The Morgan fingerprint density at radius 3 is 1.63 bits per heavy atom. The van der Waals surface area contributed by atoms with E-state index < -0.39 is 0 Å². The number of benzene rings is 3. The maximum Gasteiger partial charge on any atom is 0.228 e. The Morgan fingerprint density at radius 1 is 0.633 bits per heavy atom. The Kier molecular flexibility index (Phi) is 6.91. The van der Waals surface area contributed by atoms with Gasteiger partial charge in [0.1, 0.15) is 0 Å². The van der Waals surface area contributed by atoms with E-state index >= 15 is 0 Å². The van der Waals surface area contributed by atoms with Crippen LogP contribution in [0.1, 0.15) is 16.7 Å². The van der Waals surface area contributed by atoms with Gasteiger partial charge in [0.15, 0.2) is 0 Å². The summed E-state index contributed by atoms with van der Waals surface area (Å²) in [6.45, 7) is 6.36. The van der Waals surface area contributed by atoms with E-state index in [1.807, 2.05) is 42.5 Å². The third-order valence-corrected chi connectivity index (χ3v) is 5.57. The van der Waals surface area contributed by atoms with Gasteiger partial charge in [-0.2, -0.15) is 0 Å². The zero-order valence-electron chi connectivity index (χ0n) is 17.3. The van der Waals surface area contributed by atoms with E-state index in [1.54, 1.807) is 0 Å². The van der Waals surface area contributed by atoms with Crippen molar-refractivity contribution in [1.29, 1.82) is 0 Å². The van der Waals surface area contributed by atoms with Crippen LogP contribution in [0.15, 0.2) is 84.9 Å². The summed E-state index contributed by atoms with van der Waals surface area (Å²) >= 11 is 0. The predicted octanol–water partition coefficient (Wildman–Crippen LogP) is 4.19. The monoisotopic (exact) mass is 399 g/mol. The first-order chi connectivity index (χ1) is 14.7. The molecule has 1 fully saturated rings. The molecule has 1 N–H and O–H groups in total. The normalized spacial score (nSPS) is 15.1. The average Bonchev–Trinajstić information content (AvgIpc) is 2.78. The molecule has 1 amide bonds. The zero-order valence-corrected chi connectivity index (χ0v) is 17.3. The minimum absolute atomic E-state index is 0.0171. The van der Waals surface area contributed by atoms with E-state index in [0.29, 0.717) is 6.42 Å². The van der Waals surface area contributed by atoms with Gasteiger partial charge in [0.2, 0.25) is 5.91 Å². The van der Waals surface area contributed by atoms with Gasteiger partial charge in [-0.1, -0.05) is 72.8 Å². The van der Waals surface area contributed by atoms with E-state index in [2.05, 4.69) is 57.6 Å². The van der Waals surface area contributed by atoms with Crippen LogP contribution in [-0.4, -0.2) is 41.9 Å². The maximum absolute atomic E-state index is 12.2. The van der Waals surface area contributed by atoms with Crippen LogP contribution >= 0.6 is 0 Å². The molecular formula is C26H29N3O. The van der Waals surface area contributed by atoms with Crippen LogP contribution in [0.3, 0.4) is 0 Å². The van der Waals surface area contributed by atoms with Crippen LogP contribution in [0, 0.1) is 0 Å². The molecule has 1 heterocycles. The van der Waals surface area contributed by atoms with Crippen molar-refractivity contribution in [3.63, 3.8) is 0 Å². The number of nitrogens with one attached hydrogen (secondary N) is 1. The summed E-state index contributed by atoms with van der Waals surface area (Å²) in [6, 6.07) is 28.8. The fourth-order valence-electron chi connectivity index (χ4n) is 3.89. The van der Waals surface area contributed by atoms with Crippen LogP contribution < -0.4 is 5.32 Å². The molecule has 0 aromatic heterocycles. The molecule has 0 saturated carbocycles. The molecule has 1 aliphatic rings. The topological polar surface area (TPSA) is 35.6 Å². The number of carbonyl (C=O) groups is 1. The van der Waals surface area contributed by atoms with E-state index in [-0.39, 0.29) is 5.91 Å². The molecule has 4 nitrogen and oxygen atoms in total. The molecular weight excluding hydrogens is 370 g/mol. The minimum Gasteiger partial charge on any atom is -0.326 e. The first kappa shape index (κ1) is 20.3. The lowest BCUT2D eigenvalue weighted by Gasteiger charge is -2.34. The van der Waals surface area contributed by atoms with Crippen molar-refractivity contribution < 1.29 is 4.79 Å². The summed E-state index contributed by atoms with van der Waals surface area (Å²) in [7, 11) is 0. The predicted molar refractivity (Wildman–Crippen MR) is 122 cm³/mol. The first-order valence-electron chi connectivity index (χ1n) is 10.7. The Hall–Kier alpha value is -2.95. The number of piperazine rings is 1. The fraction of sp³-hybridized carbons (Fsp3) is 0.269. The molecule has 154 valence electrons. The lowest BCUT2D eigenvalue weighted by molar-refractivity contribution is -0.115. The van der Waals surface area contributed by atoms with E-state index in [4.69, 9.17) is 0 Å². The van der Waals surface area contributed by atoms with Crippen LogP contribution in [0.5, 0.6) is 0 Å². The third-order valence-electron chi connectivity index (χ3n) is 5.57. The Bertz CT molecular complexity index is 918. The van der Waals surface area contributed by atoms with Gasteiger partial charge in [-0.3, -0.25) is 14.6 Å². The number of rotatable bonds is 7. The number of hydrogen-bond acceptors (Lipinski definition) is 3. The van der Waals surface area contributed by atoms with Crippen molar-refractivity contribution in [2.75, 3.05) is 31.5 Å². The van der Waals surface area contributed by atoms with Gasteiger partial charge in [-0.15, -0.1) is 0 Å². The van der Waals surface area contributed by atoms with E-state index in [0.717, 1.165) is 50.5 Å².